The Morgan fingerprint density at radius 3 is 2.52 bits per heavy atom. The molecule has 3 N–H and O–H groups in total. The van der Waals surface area contributed by atoms with E-state index in [9.17, 15) is 4.79 Å². The lowest BCUT2D eigenvalue weighted by Gasteiger charge is -2.21. The van der Waals surface area contributed by atoms with Gasteiger partial charge in [0, 0.05) is 19.6 Å². The van der Waals surface area contributed by atoms with Crippen LogP contribution in [-0.4, -0.2) is 37.0 Å². The van der Waals surface area contributed by atoms with E-state index in [0.717, 1.165) is 18.5 Å². The molecule has 4 nitrogen and oxygen atoms in total. The average Bonchev–Trinajstić information content (AvgIpc) is 2.56. The van der Waals surface area contributed by atoms with Crippen LogP contribution in [0.3, 0.4) is 0 Å². The highest BCUT2D eigenvalue weighted by atomic mass is 35.5. The maximum absolute atomic E-state index is 12.3. The number of nitrogens with two attached hydrogens (primary N) is 1. The van der Waals surface area contributed by atoms with Crippen molar-refractivity contribution in [3.63, 3.8) is 0 Å². The fourth-order valence-electron chi connectivity index (χ4n) is 2.50. The van der Waals surface area contributed by atoms with Gasteiger partial charge in [-0.05, 0) is 36.6 Å². The van der Waals surface area contributed by atoms with Gasteiger partial charge in [-0.2, -0.15) is 0 Å². The van der Waals surface area contributed by atoms with Gasteiger partial charge in [0.1, 0.15) is 0 Å². The van der Waals surface area contributed by atoms with Crippen LogP contribution in [0.5, 0.6) is 0 Å². The van der Waals surface area contributed by atoms with Crippen molar-refractivity contribution in [2.75, 3.05) is 31.5 Å². The van der Waals surface area contributed by atoms with Crippen molar-refractivity contribution in [2.45, 2.75) is 13.3 Å². The number of carbonyl (C=O) groups is 1. The molecular formula is C19H25Cl2N3O. The monoisotopic (exact) mass is 381 g/mol. The summed E-state index contributed by atoms with van der Waals surface area (Å²) in [5.74, 6) is -0.0812. The Kier molecular flexibility index (Phi) is 9.53. The fourth-order valence-corrected chi connectivity index (χ4v) is 2.78. The number of nitrogens with zero attached hydrogens (tertiary/aromatic N) is 1. The summed E-state index contributed by atoms with van der Waals surface area (Å²) in [5.41, 5.74) is 8.63. The summed E-state index contributed by atoms with van der Waals surface area (Å²) in [4.78, 5) is 14.4. The third-order valence-corrected chi connectivity index (χ3v) is 4.08. The molecule has 0 unspecified atom stereocenters. The molecule has 0 aliphatic rings. The van der Waals surface area contributed by atoms with Crippen molar-refractivity contribution < 1.29 is 4.79 Å². The highest BCUT2D eigenvalue weighted by Gasteiger charge is 2.12. The van der Waals surface area contributed by atoms with Crippen LogP contribution in [0, 0.1) is 6.92 Å². The van der Waals surface area contributed by atoms with Gasteiger partial charge < -0.3 is 11.1 Å². The van der Waals surface area contributed by atoms with Crippen molar-refractivity contribution in [1.29, 1.82) is 0 Å². The molecule has 0 saturated carbocycles. The van der Waals surface area contributed by atoms with Gasteiger partial charge in [0.15, 0.2) is 0 Å². The Morgan fingerprint density at radius 1 is 1.16 bits per heavy atom. The van der Waals surface area contributed by atoms with Gasteiger partial charge in [-0.1, -0.05) is 48.0 Å². The summed E-state index contributed by atoms with van der Waals surface area (Å²) in [6, 6.07) is 15.8. The van der Waals surface area contributed by atoms with Gasteiger partial charge in [-0.3, -0.25) is 9.69 Å². The molecule has 0 aliphatic carbocycles. The predicted octanol–water partition coefficient (Wildman–Crippen LogP) is 3.51. The molecule has 0 bridgehead atoms. The van der Waals surface area contributed by atoms with E-state index in [1.165, 1.54) is 5.56 Å². The SMILES string of the molecule is Cc1ccc(NC(=O)CN(CCN)CCc2ccccc2)c(Cl)c1.Cl. The Bertz CT molecular complexity index is 665. The third kappa shape index (κ3) is 7.45. The minimum absolute atomic E-state index is 0. The number of amides is 1. The van der Waals surface area contributed by atoms with Crippen molar-refractivity contribution in [1.82, 2.24) is 4.90 Å². The number of nitrogens with one attached hydrogen (secondary N) is 1. The number of hydrogen-bond acceptors (Lipinski definition) is 3. The normalized spacial score (nSPS) is 10.4. The molecule has 2 rings (SSSR count). The van der Waals surface area contributed by atoms with Crippen LogP contribution in [0.15, 0.2) is 48.5 Å². The van der Waals surface area contributed by atoms with Gasteiger partial charge in [0.05, 0.1) is 17.3 Å². The molecule has 0 radical (unpaired) electrons. The molecule has 0 atom stereocenters. The first-order valence-corrected chi connectivity index (χ1v) is 8.48. The number of benzene rings is 2. The van der Waals surface area contributed by atoms with Gasteiger partial charge in [0.25, 0.3) is 0 Å². The molecule has 2 aromatic carbocycles. The summed E-state index contributed by atoms with van der Waals surface area (Å²) < 4.78 is 0. The second-order valence-electron chi connectivity index (χ2n) is 5.83. The minimum atomic E-state index is -0.0812. The van der Waals surface area contributed by atoms with E-state index in [4.69, 9.17) is 17.3 Å². The quantitative estimate of drug-likeness (QED) is 0.735. The van der Waals surface area contributed by atoms with Crippen LogP contribution in [0.1, 0.15) is 11.1 Å². The topological polar surface area (TPSA) is 58.4 Å². The molecule has 0 aliphatic heterocycles. The van der Waals surface area contributed by atoms with Crippen LogP contribution < -0.4 is 11.1 Å². The summed E-state index contributed by atoms with van der Waals surface area (Å²) in [5, 5.41) is 3.42. The molecule has 0 saturated heterocycles. The summed E-state index contributed by atoms with van der Waals surface area (Å²) in [7, 11) is 0. The molecule has 2 aromatic rings. The fraction of sp³-hybridized carbons (Fsp3) is 0.316. The van der Waals surface area contributed by atoms with Gasteiger partial charge in [-0.25, -0.2) is 0 Å². The third-order valence-electron chi connectivity index (χ3n) is 3.77. The van der Waals surface area contributed by atoms with Gasteiger partial charge >= 0.3 is 0 Å². The molecule has 136 valence electrons. The summed E-state index contributed by atoms with van der Waals surface area (Å²) >= 11 is 6.16. The maximum Gasteiger partial charge on any atom is 0.238 e. The summed E-state index contributed by atoms with van der Waals surface area (Å²) in [6.45, 7) is 4.25. The number of anilines is 1. The van der Waals surface area contributed by atoms with Crippen LogP contribution in [0.4, 0.5) is 5.69 Å². The van der Waals surface area contributed by atoms with E-state index in [1.54, 1.807) is 0 Å². The van der Waals surface area contributed by atoms with Crippen LogP contribution in [0.2, 0.25) is 5.02 Å². The number of halogens is 2. The van der Waals surface area contributed by atoms with E-state index in [1.807, 2.05) is 43.3 Å². The first-order valence-electron chi connectivity index (χ1n) is 8.11. The Morgan fingerprint density at radius 2 is 1.88 bits per heavy atom. The highest BCUT2D eigenvalue weighted by Crippen LogP contribution is 2.22. The van der Waals surface area contributed by atoms with Crippen molar-refractivity contribution in [3.05, 3.63) is 64.7 Å². The van der Waals surface area contributed by atoms with E-state index < -0.39 is 0 Å². The largest absolute Gasteiger partial charge is 0.329 e. The van der Waals surface area contributed by atoms with E-state index in [2.05, 4.69) is 22.3 Å². The zero-order valence-corrected chi connectivity index (χ0v) is 15.9. The van der Waals surface area contributed by atoms with E-state index in [0.29, 0.717) is 30.3 Å². The molecule has 1 amide bonds. The lowest BCUT2D eigenvalue weighted by atomic mass is 10.1. The van der Waals surface area contributed by atoms with Gasteiger partial charge in [0.2, 0.25) is 5.91 Å². The lowest BCUT2D eigenvalue weighted by Crippen LogP contribution is -2.38. The van der Waals surface area contributed by atoms with Crippen molar-refractivity contribution in [2.24, 2.45) is 5.73 Å². The Hall–Kier alpha value is -1.59. The molecule has 0 aromatic heterocycles. The summed E-state index contributed by atoms with van der Waals surface area (Å²) in [6.07, 6.45) is 0.888. The Labute approximate surface area is 160 Å². The van der Waals surface area contributed by atoms with E-state index in [-0.39, 0.29) is 18.3 Å². The second kappa shape index (κ2) is 11.1. The number of aryl methyl sites for hydroxylation is 1. The standard InChI is InChI=1S/C19H24ClN3O.ClH/c1-15-7-8-18(17(20)13-15)22-19(24)14-23(12-10-21)11-9-16-5-3-2-4-6-16;/h2-8,13H,9-12,14,21H2,1H3,(H,22,24);1H. The molecule has 0 spiro atoms. The highest BCUT2D eigenvalue weighted by molar-refractivity contribution is 6.33. The lowest BCUT2D eigenvalue weighted by molar-refractivity contribution is -0.117. The van der Waals surface area contributed by atoms with Crippen LogP contribution in [0.25, 0.3) is 0 Å². The van der Waals surface area contributed by atoms with E-state index >= 15 is 0 Å². The molecule has 0 fully saturated rings. The van der Waals surface area contributed by atoms with Crippen LogP contribution >= 0.6 is 24.0 Å². The minimum Gasteiger partial charge on any atom is -0.329 e. The van der Waals surface area contributed by atoms with Crippen LogP contribution in [-0.2, 0) is 11.2 Å². The number of hydrogen-bond donors (Lipinski definition) is 2. The second-order valence-corrected chi connectivity index (χ2v) is 6.24. The number of rotatable bonds is 8. The smallest absolute Gasteiger partial charge is 0.238 e. The Balaban J connectivity index is 0.00000312. The molecule has 6 heteroatoms. The molecular weight excluding hydrogens is 357 g/mol. The zero-order chi connectivity index (χ0) is 17.4. The number of carbonyl (C=O) groups excluding carboxylic acids is 1. The first kappa shape index (κ1) is 21.5. The van der Waals surface area contributed by atoms with Gasteiger partial charge in [-0.15, -0.1) is 12.4 Å². The zero-order valence-electron chi connectivity index (χ0n) is 14.4. The first-order chi connectivity index (χ1) is 11.6. The molecule has 0 heterocycles. The maximum atomic E-state index is 12.3. The van der Waals surface area contributed by atoms with Crippen molar-refractivity contribution in [3.8, 4) is 0 Å². The average molecular weight is 382 g/mol. The molecule has 25 heavy (non-hydrogen) atoms. The predicted molar refractivity (Wildman–Crippen MR) is 108 cm³/mol. The van der Waals surface area contributed by atoms with Crippen molar-refractivity contribution >= 4 is 35.6 Å².